The first-order valence-electron chi connectivity index (χ1n) is 4.17. The van der Waals surface area contributed by atoms with Gasteiger partial charge in [0.1, 0.15) is 4.88 Å². The number of thiophene rings is 1. The fraction of sp³-hybridized carbons (Fsp3) is 0.333. The molecule has 0 aromatic carbocycles. The summed E-state index contributed by atoms with van der Waals surface area (Å²) in [5.74, 6) is -0.638. The Morgan fingerprint density at radius 2 is 2.27 bits per heavy atom. The maximum atomic E-state index is 11.4. The normalized spacial score (nSPS) is 11.9. The Morgan fingerprint density at radius 1 is 1.60 bits per heavy atom. The molecule has 1 aromatic rings. The highest BCUT2D eigenvalue weighted by molar-refractivity contribution is 9.10. The lowest BCUT2D eigenvalue weighted by atomic mass is 10.3. The molecule has 82 valence electrons. The van der Waals surface area contributed by atoms with Gasteiger partial charge in [-0.15, -0.1) is 11.3 Å². The van der Waals surface area contributed by atoms with Crippen molar-refractivity contribution in [3.05, 3.63) is 16.3 Å². The Bertz CT molecular complexity index is 375. The minimum atomic E-state index is -0.442. The molecule has 4 nitrogen and oxygen atoms in total. The predicted octanol–water partition coefficient (Wildman–Crippen LogP) is 2.26. The van der Waals surface area contributed by atoms with Gasteiger partial charge in [-0.3, -0.25) is 4.79 Å². The molecule has 1 heterocycles. The quantitative estimate of drug-likeness (QED) is 0.686. The van der Waals surface area contributed by atoms with E-state index in [1.54, 1.807) is 18.4 Å². The Kier molecular flexibility index (Phi) is 4.28. The van der Waals surface area contributed by atoms with Crippen molar-refractivity contribution in [3.63, 3.8) is 0 Å². The third-order valence-electron chi connectivity index (χ3n) is 1.66. The first-order valence-corrected chi connectivity index (χ1v) is 5.96. The van der Waals surface area contributed by atoms with Crippen LogP contribution >= 0.6 is 27.3 Å². The molecule has 1 unspecified atom stereocenters. The van der Waals surface area contributed by atoms with Gasteiger partial charge in [-0.2, -0.15) is 0 Å². The van der Waals surface area contributed by atoms with Gasteiger partial charge in [0.2, 0.25) is 5.91 Å². The molecule has 0 fully saturated rings. The van der Waals surface area contributed by atoms with Gasteiger partial charge in [-0.05, 0) is 18.4 Å². The van der Waals surface area contributed by atoms with Crippen molar-refractivity contribution in [3.8, 4) is 0 Å². The number of halogens is 1. The van der Waals surface area contributed by atoms with Crippen LogP contribution < -0.4 is 5.32 Å². The highest BCUT2D eigenvalue weighted by Gasteiger charge is 2.17. The van der Waals surface area contributed by atoms with E-state index in [1.165, 1.54) is 18.4 Å². The number of alkyl halides is 1. The van der Waals surface area contributed by atoms with Crippen molar-refractivity contribution < 1.29 is 14.3 Å². The smallest absolute Gasteiger partial charge is 0.350 e. The second-order valence-electron chi connectivity index (χ2n) is 2.76. The van der Waals surface area contributed by atoms with E-state index >= 15 is 0 Å². The van der Waals surface area contributed by atoms with Gasteiger partial charge >= 0.3 is 5.97 Å². The summed E-state index contributed by atoms with van der Waals surface area (Å²) < 4.78 is 4.59. The zero-order chi connectivity index (χ0) is 11.4. The molecule has 1 atom stereocenters. The van der Waals surface area contributed by atoms with Crippen LogP contribution in [0.1, 0.15) is 16.6 Å². The van der Waals surface area contributed by atoms with E-state index in [0.717, 1.165) is 0 Å². The number of carbonyl (C=O) groups is 2. The van der Waals surface area contributed by atoms with Crippen LogP contribution in [0.2, 0.25) is 0 Å². The van der Waals surface area contributed by atoms with Crippen LogP contribution in [0.3, 0.4) is 0 Å². The average Bonchev–Trinajstić information content (AvgIpc) is 2.64. The van der Waals surface area contributed by atoms with Crippen molar-refractivity contribution in [1.82, 2.24) is 0 Å². The standard InChI is InChI=1S/C9H10BrNO3S/c1-5(10)8(12)11-6-3-4-15-7(6)9(13)14-2/h3-5H,1-2H3,(H,11,12). The predicted molar refractivity (Wildman–Crippen MR) is 62.7 cm³/mol. The molecule has 0 bridgehead atoms. The molecular weight excluding hydrogens is 282 g/mol. The van der Waals surface area contributed by atoms with Crippen molar-refractivity contribution in [2.75, 3.05) is 12.4 Å². The molecule has 1 N–H and O–H groups in total. The Balaban J connectivity index is 2.82. The van der Waals surface area contributed by atoms with Gasteiger partial charge in [-0.25, -0.2) is 4.79 Å². The second-order valence-corrected chi connectivity index (χ2v) is 5.05. The molecule has 0 saturated carbocycles. The van der Waals surface area contributed by atoms with Crippen LogP contribution in [0.25, 0.3) is 0 Å². The van der Waals surface area contributed by atoms with Crippen molar-refractivity contribution >= 4 is 44.8 Å². The van der Waals surface area contributed by atoms with Gasteiger partial charge in [0.25, 0.3) is 0 Å². The van der Waals surface area contributed by atoms with Crippen LogP contribution in [0, 0.1) is 0 Å². The van der Waals surface area contributed by atoms with E-state index in [9.17, 15) is 9.59 Å². The molecule has 15 heavy (non-hydrogen) atoms. The molecular formula is C9H10BrNO3S. The Labute approximate surface area is 99.8 Å². The van der Waals surface area contributed by atoms with Crippen molar-refractivity contribution in [2.24, 2.45) is 0 Å². The van der Waals surface area contributed by atoms with E-state index in [-0.39, 0.29) is 10.7 Å². The summed E-state index contributed by atoms with van der Waals surface area (Å²) in [6, 6.07) is 1.67. The summed E-state index contributed by atoms with van der Waals surface area (Å²) in [5, 5.41) is 4.35. The second kappa shape index (κ2) is 5.27. The third-order valence-corrected chi connectivity index (χ3v) is 2.97. The highest BCUT2D eigenvalue weighted by Crippen LogP contribution is 2.23. The average molecular weight is 292 g/mol. The number of carbonyl (C=O) groups excluding carboxylic acids is 2. The monoisotopic (exact) mass is 291 g/mol. The lowest BCUT2D eigenvalue weighted by Crippen LogP contribution is -2.20. The minimum Gasteiger partial charge on any atom is -0.465 e. The van der Waals surface area contributed by atoms with Crippen LogP contribution in [0.4, 0.5) is 5.69 Å². The van der Waals surface area contributed by atoms with Crippen LogP contribution in [0.5, 0.6) is 0 Å². The summed E-state index contributed by atoms with van der Waals surface area (Å²) >= 11 is 4.37. The largest absolute Gasteiger partial charge is 0.465 e. The summed E-state index contributed by atoms with van der Waals surface area (Å²) in [4.78, 5) is 22.7. The van der Waals surface area contributed by atoms with E-state index < -0.39 is 5.97 Å². The number of ether oxygens (including phenoxy) is 1. The molecule has 6 heteroatoms. The first-order chi connectivity index (χ1) is 7.06. The van der Waals surface area contributed by atoms with Gasteiger partial charge in [0, 0.05) is 0 Å². The maximum Gasteiger partial charge on any atom is 0.350 e. The fourth-order valence-electron chi connectivity index (χ4n) is 0.891. The van der Waals surface area contributed by atoms with E-state index in [1.807, 2.05) is 0 Å². The summed E-state index contributed by atoms with van der Waals surface area (Å²) in [6.07, 6.45) is 0. The van der Waals surface area contributed by atoms with Gasteiger partial charge in [0.05, 0.1) is 17.6 Å². The number of esters is 1. The fourth-order valence-corrected chi connectivity index (χ4v) is 1.77. The number of hydrogen-bond donors (Lipinski definition) is 1. The Morgan fingerprint density at radius 3 is 2.80 bits per heavy atom. The molecule has 0 spiro atoms. The van der Waals surface area contributed by atoms with Gasteiger partial charge in [0.15, 0.2) is 0 Å². The zero-order valence-electron chi connectivity index (χ0n) is 8.24. The topological polar surface area (TPSA) is 55.4 Å². The third kappa shape index (κ3) is 3.04. The molecule has 0 aliphatic heterocycles. The number of methoxy groups -OCH3 is 1. The molecule has 1 aromatic heterocycles. The van der Waals surface area contributed by atoms with Crippen molar-refractivity contribution in [1.29, 1.82) is 0 Å². The lowest BCUT2D eigenvalue weighted by molar-refractivity contribution is -0.115. The van der Waals surface area contributed by atoms with Gasteiger partial charge < -0.3 is 10.1 Å². The van der Waals surface area contributed by atoms with Crippen LogP contribution in [-0.2, 0) is 9.53 Å². The minimum absolute atomic E-state index is 0.196. The zero-order valence-corrected chi connectivity index (χ0v) is 10.6. The maximum absolute atomic E-state index is 11.4. The molecule has 0 aliphatic carbocycles. The molecule has 0 aliphatic rings. The molecule has 1 amide bonds. The van der Waals surface area contributed by atoms with Crippen LogP contribution in [-0.4, -0.2) is 23.8 Å². The van der Waals surface area contributed by atoms with Gasteiger partial charge in [-0.1, -0.05) is 15.9 Å². The number of nitrogens with one attached hydrogen (secondary N) is 1. The first kappa shape index (κ1) is 12.2. The summed E-state index contributed by atoms with van der Waals surface area (Å²) in [7, 11) is 1.31. The van der Waals surface area contributed by atoms with E-state index in [2.05, 4.69) is 26.0 Å². The number of rotatable bonds is 3. The number of hydrogen-bond acceptors (Lipinski definition) is 4. The van der Waals surface area contributed by atoms with Crippen molar-refractivity contribution in [2.45, 2.75) is 11.8 Å². The summed E-state index contributed by atoms with van der Waals surface area (Å²) in [6.45, 7) is 1.71. The molecule has 0 radical (unpaired) electrons. The number of amides is 1. The lowest BCUT2D eigenvalue weighted by Gasteiger charge is -2.06. The summed E-state index contributed by atoms with van der Waals surface area (Å²) in [5.41, 5.74) is 0.489. The molecule has 1 rings (SSSR count). The number of anilines is 1. The SMILES string of the molecule is COC(=O)c1sccc1NC(=O)C(C)Br. The molecule has 0 saturated heterocycles. The van der Waals surface area contributed by atoms with E-state index in [0.29, 0.717) is 10.6 Å². The van der Waals surface area contributed by atoms with E-state index in [4.69, 9.17) is 0 Å². The Hall–Kier alpha value is -0.880. The van der Waals surface area contributed by atoms with Crippen LogP contribution in [0.15, 0.2) is 11.4 Å². The highest BCUT2D eigenvalue weighted by atomic mass is 79.9.